The van der Waals surface area contributed by atoms with Gasteiger partial charge in [0, 0.05) is 36.8 Å². The van der Waals surface area contributed by atoms with E-state index >= 15 is 0 Å². The number of nitrogens with one attached hydrogen (secondary N) is 3. The number of H-pyrrole nitrogens is 1. The van der Waals surface area contributed by atoms with E-state index in [0.717, 1.165) is 24.2 Å². The van der Waals surface area contributed by atoms with Gasteiger partial charge in [-0.1, -0.05) is 0 Å². The summed E-state index contributed by atoms with van der Waals surface area (Å²) >= 11 is 0. The van der Waals surface area contributed by atoms with Gasteiger partial charge in [0.15, 0.2) is 5.69 Å². The molecule has 0 aliphatic carbocycles. The van der Waals surface area contributed by atoms with Crippen molar-refractivity contribution in [1.82, 2.24) is 15.5 Å². The van der Waals surface area contributed by atoms with Gasteiger partial charge in [0.2, 0.25) is 0 Å². The smallest absolute Gasteiger partial charge is 0.387 e. The van der Waals surface area contributed by atoms with Crippen molar-refractivity contribution in [2.45, 2.75) is 19.6 Å². The fourth-order valence-electron chi connectivity index (χ4n) is 2.53. The largest absolute Gasteiger partial charge is 0.497 e. The highest BCUT2D eigenvalue weighted by Crippen LogP contribution is 2.31. The molecule has 3 N–H and O–H groups in total. The SMILES string of the molecule is COc1ccc(OC(F)F)c(NC(=O)c2n[nH]c3c2CNCC3)c1.Cl. The molecule has 2 aromatic rings. The van der Waals surface area contributed by atoms with Gasteiger partial charge >= 0.3 is 6.61 Å². The molecular formula is C15H17ClF2N4O3. The van der Waals surface area contributed by atoms with Gasteiger partial charge in [-0.05, 0) is 12.1 Å². The molecule has 2 heterocycles. The number of anilines is 1. The number of alkyl halides is 2. The first-order valence-corrected chi connectivity index (χ1v) is 7.29. The number of methoxy groups -OCH3 is 1. The van der Waals surface area contributed by atoms with Crippen molar-refractivity contribution >= 4 is 24.0 Å². The Labute approximate surface area is 148 Å². The van der Waals surface area contributed by atoms with Crippen molar-refractivity contribution in [2.24, 2.45) is 0 Å². The van der Waals surface area contributed by atoms with Gasteiger partial charge in [-0.3, -0.25) is 9.89 Å². The maximum Gasteiger partial charge on any atom is 0.387 e. The molecule has 3 rings (SSSR count). The predicted octanol–water partition coefficient (Wildman–Crippen LogP) is 2.34. The Morgan fingerprint density at radius 1 is 1.40 bits per heavy atom. The number of carbonyl (C=O) groups is 1. The molecule has 0 bridgehead atoms. The molecule has 0 radical (unpaired) electrons. The zero-order valence-corrected chi connectivity index (χ0v) is 14.1. The lowest BCUT2D eigenvalue weighted by molar-refractivity contribution is -0.0494. The molecule has 1 aliphatic rings. The van der Waals surface area contributed by atoms with Crippen LogP contribution in [-0.2, 0) is 13.0 Å². The molecule has 0 saturated heterocycles. The van der Waals surface area contributed by atoms with Gasteiger partial charge in [0.25, 0.3) is 5.91 Å². The fourth-order valence-corrected chi connectivity index (χ4v) is 2.53. The van der Waals surface area contributed by atoms with Gasteiger partial charge in [0.1, 0.15) is 11.5 Å². The standard InChI is InChI=1S/C15H16F2N4O3.ClH/c1-23-8-2-3-12(24-15(16)17)11(6-8)19-14(22)13-9-7-18-5-4-10(9)20-21-13;/h2-3,6,15,18H,4-5,7H2,1H3,(H,19,22)(H,20,21);1H. The Kier molecular flexibility index (Phi) is 6.16. The number of aromatic nitrogens is 2. The lowest BCUT2D eigenvalue weighted by atomic mass is 10.1. The van der Waals surface area contributed by atoms with Crippen molar-refractivity contribution in [3.05, 3.63) is 35.2 Å². The van der Waals surface area contributed by atoms with Gasteiger partial charge in [-0.25, -0.2) is 0 Å². The summed E-state index contributed by atoms with van der Waals surface area (Å²) in [6, 6.07) is 4.18. The minimum atomic E-state index is -3.00. The molecule has 10 heteroatoms. The molecule has 1 aromatic heterocycles. The third-order valence-electron chi connectivity index (χ3n) is 3.67. The zero-order valence-electron chi connectivity index (χ0n) is 13.3. The summed E-state index contributed by atoms with van der Waals surface area (Å²) in [4.78, 5) is 12.5. The van der Waals surface area contributed by atoms with Crippen LogP contribution in [0.15, 0.2) is 18.2 Å². The summed E-state index contributed by atoms with van der Waals surface area (Å²) < 4.78 is 34.5. The van der Waals surface area contributed by atoms with Crippen molar-refractivity contribution in [2.75, 3.05) is 19.0 Å². The quantitative estimate of drug-likeness (QED) is 0.747. The molecule has 0 spiro atoms. The summed E-state index contributed by atoms with van der Waals surface area (Å²) in [5.41, 5.74) is 1.98. The number of hydrogen-bond acceptors (Lipinski definition) is 5. The molecule has 1 aromatic carbocycles. The predicted molar refractivity (Wildman–Crippen MR) is 88.8 cm³/mol. The molecule has 0 atom stereocenters. The Morgan fingerprint density at radius 2 is 2.20 bits per heavy atom. The lowest BCUT2D eigenvalue weighted by Gasteiger charge is -2.14. The topological polar surface area (TPSA) is 88.3 Å². The number of hydrogen-bond donors (Lipinski definition) is 3. The number of amides is 1. The Hall–Kier alpha value is -2.39. The minimum Gasteiger partial charge on any atom is -0.497 e. The van der Waals surface area contributed by atoms with Crippen molar-refractivity contribution < 1.29 is 23.0 Å². The molecule has 1 aliphatic heterocycles. The second kappa shape index (κ2) is 8.13. The highest BCUT2D eigenvalue weighted by atomic mass is 35.5. The first-order chi connectivity index (χ1) is 11.6. The number of aromatic amines is 1. The van der Waals surface area contributed by atoms with Crippen molar-refractivity contribution in [3.63, 3.8) is 0 Å². The number of ether oxygens (including phenoxy) is 2. The van der Waals surface area contributed by atoms with Crippen LogP contribution in [0.1, 0.15) is 21.7 Å². The number of rotatable bonds is 5. The van der Waals surface area contributed by atoms with Crippen LogP contribution in [0.3, 0.4) is 0 Å². The molecule has 0 fully saturated rings. The molecule has 0 saturated carbocycles. The maximum atomic E-state index is 12.5. The van der Waals surface area contributed by atoms with Crippen molar-refractivity contribution in [3.8, 4) is 11.5 Å². The van der Waals surface area contributed by atoms with Crippen LogP contribution in [-0.4, -0.2) is 36.4 Å². The van der Waals surface area contributed by atoms with E-state index in [9.17, 15) is 13.6 Å². The molecule has 0 unspecified atom stereocenters. The Morgan fingerprint density at radius 3 is 2.92 bits per heavy atom. The van der Waals surface area contributed by atoms with E-state index in [1.165, 1.54) is 25.3 Å². The molecule has 1 amide bonds. The van der Waals surface area contributed by atoms with Gasteiger partial charge in [0.05, 0.1) is 12.8 Å². The van der Waals surface area contributed by atoms with Gasteiger partial charge in [-0.15, -0.1) is 12.4 Å². The minimum absolute atomic E-state index is 0. The number of nitrogens with zero attached hydrogens (tertiary/aromatic N) is 1. The second-order valence-electron chi connectivity index (χ2n) is 5.15. The number of carbonyl (C=O) groups excluding carboxylic acids is 1. The van der Waals surface area contributed by atoms with Gasteiger partial charge in [-0.2, -0.15) is 13.9 Å². The third-order valence-corrected chi connectivity index (χ3v) is 3.67. The molecular weight excluding hydrogens is 358 g/mol. The van der Waals surface area contributed by atoms with E-state index in [2.05, 4.69) is 25.6 Å². The van der Waals surface area contributed by atoms with Crippen LogP contribution in [0.2, 0.25) is 0 Å². The average molecular weight is 375 g/mol. The van der Waals surface area contributed by atoms with E-state index in [1.807, 2.05) is 0 Å². The molecule has 25 heavy (non-hydrogen) atoms. The first kappa shape index (κ1) is 18.9. The Bertz CT molecular complexity index is 754. The molecule has 7 nitrogen and oxygen atoms in total. The van der Waals surface area contributed by atoms with E-state index in [4.69, 9.17) is 4.74 Å². The summed E-state index contributed by atoms with van der Waals surface area (Å²) in [6.45, 7) is -1.68. The number of benzene rings is 1. The highest BCUT2D eigenvalue weighted by molar-refractivity contribution is 6.05. The van der Waals surface area contributed by atoms with Crippen molar-refractivity contribution in [1.29, 1.82) is 0 Å². The highest BCUT2D eigenvalue weighted by Gasteiger charge is 2.23. The van der Waals surface area contributed by atoms with Crippen LogP contribution < -0.4 is 20.1 Å². The summed E-state index contributed by atoms with van der Waals surface area (Å²) in [7, 11) is 1.43. The number of halogens is 3. The summed E-state index contributed by atoms with van der Waals surface area (Å²) in [5, 5.41) is 12.6. The fraction of sp³-hybridized carbons (Fsp3) is 0.333. The average Bonchev–Trinajstić information content (AvgIpc) is 3.00. The van der Waals surface area contributed by atoms with Crippen LogP contribution in [0.4, 0.5) is 14.5 Å². The third kappa shape index (κ3) is 4.18. The maximum absolute atomic E-state index is 12.5. The van der Waals surface area contributed by atoms with E-state index < -0.39 is 12.5 Å². The van der Waals surface area contributed by atoms with Crippen LogP contribution in [0.25, 0.3) is 0 Å². The van der Waals surface area contributed by atoms with Crippen LogP contribution in [0.5, 0.6) is 11.5 Å². The normalized spacial score (nSPS) is 13.0. The lowest BCUT2D eigenvalue weighted by Crippen LogP contribution is -2.25. The molecule has 136 valence electrons. The van der Waals surface area contributed by atoms with Crippen LogP contribution in [0, 0.1) is 0 Å². The van der Waals surface area contributed by atoms with E-state index in [0.29, 0.717) is 12.3 Å². The number of fused-ring (bicyclic) bond motifs is 1. The van der Waals surface area contributed by atoms with E-state index in [-0.39, 0.29) is 29.5 Å². The zero-order chi connectivity index (χ0) is 17.1. The second-order valence-corrected chi connectivity index (χ2v) is 5.15. The summed E-state index contributed by atoms with van der Waals surface area (Å²) in [6.07, 6.45) is 0.745. The first-order valence-electron chi connectivity index (χ1n) is 7.29. The van der Waals surface area contributed by atoms with E-state index in [1.54, 1.807) is 0 Å². The summed E-state index contributed by atoms with van der Waals surface area (Å²) in [5.74, 6) is -0.261. The monoisotopic (exact) mass is 374 g/mol. The van der Waals surface area contributed by atoms with Crippen LogP contribution >= 0.6 is 12.4 Å². The van der Waals surface area contributed by atoms with Gasteiger partial charge < -0.3 is 20.1 Å². The Balaban J connectivity index is 0.00000225.